The highest BCUT2D eigenvalue weighted by molar-refractivity contribution is 7.80. The molecule has 1 aromatic carbocycles. The Morgan fingerprint density at radius 2 is 2.00 bits per heavy atom. The van der Waals surface area contributed by atoms with Crippen molar-refractivity contribution in [1.29, 1.82) is 0 Å². The van der Waals surface area contributed by atoms with Crippen LogP contribution in [0, 0.1) is 0 Å². The molecular formula is C17H24N3OS2+. The minimum Gasteiger partial charge on any atom is -0.497 e. The Kier molecular flexibility index (Phi) is 6.83. The average molecular weight is 351 g/mol. The number of likely N-dealkylation sites (N-methyl/N-ethyl adjacent to an activating group) is 1. The first-order valence-electron chi connectivity index (χ1n) is 7.61. The van der Waals surface area contributed by atoms with Crippen LogP contribution in [0.3, 0.4) is 0 Å². The lowest BCUT2D eigenvalue weighted by Crippen LogP contribution is -3.06. The van der Waals surface area contributed by atoms with E-state index in [4.69, 9.17) is 17.0 Å². The zero-order valence-electron chi connectivity index (χ0n) is 13.8. The third-order valence-electron chi connectivity index (χ3n) is 3.42. The standard InChI is InChI=1S/C17H23N3OS2/c1-19(2)11-10-18-17(22)20(13-16-5-4-12-23-16)14-6-8-15(21-3)9-7-14/h4-9,12H,10-11,13H2,1-3H3,(H,18,22)/p+1. The predicted octanol–water partition coefficient (Wildman–Crippen LogP) is 1.78. The third kappa shape index (κ3) is 5.49. The SMILES string of the molecule is COc1ccc(N(Cc2cccs2)C(=S)NCC[NH+](C)C)cc1. The van der Waals surface area contributed by atoms with Crippen LogP contribution < -0.4 is 19.9 Å². The summed E-state index contributed by atoms with van der Waals surface area (Å²) >= 11 is 7.36. The molecule has 2 aromatic rings. The number of nitrogens with zero attached hydrogens (tertiary/aromatic N) is 1. The minimum absolute atomic E-state index is 0.754. The molecule has 0 radical (unpaired) electrons. The molecule has 124 valence electrons. The summed E-state index contributed by atoms with van der Waals surface area (Å²) in [6.45, 7) is 2.65. The van der Waals surface area contributed by atoms with Gasteiger partial charge in [-0.2, -0.15) is 0 Å². The normalized spacial score (nSPS) is 10.6. The zero-order valence-corrected chi connectivity index (χ0v) is 15.5. The third-order valence-corrected chi connectivity index (χ3v) is 4.65. The summed E-state index contributed by atoms with van der Waals surface area (Å²) in [7, 11) is 5.95. The number of rotatable bonds is 7. The Morgan fingerprint density at radius 1 is 1.26 bits per heavy atom. The van der Waals surface area contributed by atoms with Gasteiger partial charge in [-0.15, -0.1) is 11.3 Å². The van der Waals surface area contributed by atoms with E-state index in [-0.39, 0.29) is 0 Å². The molecule has 1 aromatic heterocycles. The summed E-state index contributed by atoms with van der Waals surface area (Å²) < 4.78 is 5.24. The topological polar surface area (TPSA) is 28.9 Å². The number of anilines is 1. The van der Waals surface area contributed by atoms with Gasteiger partial charge in [-0.05, 0) is 47.9 Å². The molecule has 0 saturated heterocycles. The van der Waals surface area contributed by atoms with Gasteiger partial charge in [0.2, 0.25) is 0 Å². The molecule has 0 spiro atoms. The largest absolute Gasteiger partial charge is 0.497 e. The molecule has 1 heterocycles. The predicted molar refractivity (Wildman–Crippen MR) is 102 cm³/mol. The molecule has 0 unspecified atom stereocenters. The molecule has 2 rings (SSSR count). The molecule has 0 fully saturated rings. The summed E-state index contributed by atoms with van der Waals surface area (Å²) in [6, 6.07) is 12.2. The van der Waals surface area contributed by atoms with E-state index in [0.717, 1.165) is 36.2 Å². The number of hydrogen-bond acceptors (Lipinski definition) is 3. The number of nitrogens with one attached hydrogen (secondary N) is 2. The number of methoxy groups -OCH3 is 1. The van der Waals surface area contributed by atoms with Gasteiger partial charge in [0.15, 0.2) is 5.11 Å². The Hall–Kier alpha value is -1.63. The van der Waals surface area contributed by atoms with E-state index >= 15 is 0 Å². The fraction of sp³-hybridized carbons (Fsp3) is 0.353. The Labute approximate surface area is 147 Å². The van der Waals surface area contributed by atoms with E-state index in [9.17, 15) is 0 Å². The maximum atomic E-state index is 5.62. The van der Waals surface area contributed by atoms with Crippen LogP contribution in [0.4, 0.5) is 5.69 Å². The van der Waals surface area contributed by atoms with Crippen LogP contribution in [0.25, 0.3) is 0 Å². The van der Waals surface area contributed by atoms with Crippen molar-refractivity contribution in [2.75, 3.05) is 39.2 Å². The van der Waals surface area contributed by atoms with Crippen molar-refractivity contribution in [3.8, 4) is 5.75 Å². The Morgan fingerprint density at radius 3 is 2.57 bits per heavy atom. The number of hydrogen-bond donors (Lipinski definition) is 2. The Balaban J connectivity index is 2.11. The molecule has 23 heavy (non-hydrogen) atoms. The van der Waals surface area contributed by atoms with Gasteiger partial charge in [-0.3, -0.25) is 0 Å². The molecule has 0 saturated carbocycles. The second-order valence-electron chi connectivity index (χ2n) is 5.55. The van der Waals surface area contributed by atoms with E-state index in [2.05, 4.69) is 41.8 Å². The molecule has 0 aliphatic rings. The van der Waals surface area contributed by atoms with Gasteiger partial charge in [-0.1, -0.05) is 6.07 Å². The maximum absolute atomic E-state index is 5.62. The second-order valence-corrected chi connectivity index (χ2v) is 6.97. The van der Waals surface area contributed by atoms with E-state index in [1.165, 1.54) is 9.78 Å². The average Bonchev–Trinajstić information content (AvgIpc) is 3.05. The van der Waals surface area contributed by atoms with E-state index in [1.807, 2.05) is 24.3 Å². The highest BCUT2D eigenvalue weighted by Crippen LogP contribution is 2.22. The van der Waals surface area contributed by atoms with E-state index in [0.29, 0.717) is 0 Å². The van der Waals surface area contributed by atoms with Crippen molar-refractivity contribution in [1.82, 2.24) is 5.32 Å². The number of quaternary nitrogens is 1. The van der Waals surface area contributed by atoms with Crippen molar-refractivity contribution < 1.29 is 9.64 Å². The van der Waals surface area contributed by atoms with Crippen molar-refractivity contribution in [2.24, 2.45) is 0 Å². The molecule has 0 aliphatic heterocycles. The smallest absolute Gasteiger partial charge is 0.174 e. The molecular weight excluding hydrogens is 326 g/mol. The van der Waals surface area contributed by atoms with Crippen LogP contribution in [0.15, 0.2) is 41.8 Å². The van der Waals surface area contributed by atoms with Crippen LogP contribution in [-0.2, 0) is 6.54 Å². The van der Waals surface area contributed by atoms with Gasteiger partial charge in [0.1, 0.15) is 5.75 Å². The number of thiocarbonyl (C=S) groups is 1. The summed E-state index contributed by atoms with van der Waals surface area (Å²) in [6.07, 6.45) is 0. The van der Waals surface area contributed by atoms with Gasteiger partial charge in [0.25, 0.3) is 0 Å². The molecule has 0 atom stereocenters. The minimum atomic E-state index is 0.754. The summed E-state index contributed by atoms with van der Waals surface area (Å²) in [4.78, 5) is 4.81. The Bertz CT molecular complexity index is 597. The number of benzene rings is 1. The monoisotopic (exact) mass is 350 g/mol. The van der Waals surface area contributed by atoms with Crippen molar-refractivity contribution in [2.45, 2.75) is 6.54 Å². The van der Waals surface area contributed by atoms with Crippen LogP contribution in [0.1, 0.15) is 4.88 Å². The second kappa shape index (κ2) is 8.86. The van der Waals surface area contributed by atoms with Gasteiger partial charge < -0.3 is 19.9 Å². The molecule has 0 aliphatic carbocycles. The summed E-state index contributed by atoms with van der Waals surface area (Å²) in [5, 5.41) is 6.21. The van der Waals surface area contributed by atoms with Crippen molar-refractivity contribution in [3.63, 3.8) is 0 Å². The quantitative estimate of drug-likeness (QED) is 0.745. The summed E-state index contributed by atoms with van der Waals surface area (Å²) in [5.41, 5.74) is 1.06. The molecule has 6 heteroatoms. The van der Waals surface area contributed by atoms with E-state index in [1.54, 1.807) is 18.4 Å². The highest BCUT2D eigenvalue weighted by atomic mass is 32.1. The summed E-state index contributed by atoms with van der Waals surface area (Å²) in [5.74, 6) is 0.847. The molecule has 0 bridgehead atoms. The van der Waals surface area contributed by atoms with Crippen molar-refractivity contribution in [3.05, 3.63) is 46.7 Å². The fourth-order valence-corrected chi connectivity index (χ4v) is 3.08. The lowest BCUT2D eigenvalue weighted by atomic mass is 10.2. The van der Waals surface area contributed by atoms with Crippen molar-refractivity contribution >= 4 is 34.4 Å². The maximum Gasteiger partial charge on any atom is 0.174 e. The number of ether oxygens (including phenoxy) is 1. The lowest BCUT2D eigenvalue weighted by Gasteiger charge is -2.26. The van der Waals surface area contributed by atoms with Crippen LogP contribution in [-0.4, -0.2) is 39.4 Å². The first-order chi connectivity index (χ1) is 11.1. The van der Waals surface area contributed by atoms with Gasteiger partial charge >= 0.3 is 0 Å². The van der Waals surface area contributed by atoms with Gasteiger partial charge in [0.05, 0.1) is 40.8 Å². The van der Waals surface area contributed by atoms with E-state index < -0.39 is 0 Å². The number of thiophene rings is 1. The highest BCUT2D eigenvalue weighted by Gasteiger charge is 2.14. The van der Waals surface area contributed by atoms with Gasteiger partial charge in [-0.25, -0.2) is 0 Å². The fourth-order valence-electron chi connectivity index (χ4n) is 2.12. The first-order valence-corrected chi connectivity index (χ1v) is 8.90. The molecule has 2 N–H and O–H groups in total. The first kappa shape index (κ1) is 17.7. The lowest BCUT2D eigenvalue weighted by molar-refractivity contribution is -0.856. The van der Waals surface area contributed by atoms with Crippen LogP contribution in [0.5, 0.6) is 5.75 Å². The van der Waals surface area contributed by atoms with Gasteiger partial charge in [0, 0.05) is 10.6 Å². The molecule has 0 amide bonds. The molecule has 4 nitrogen and oxygen atoms in total. The zero-order chi connectivity index (χ0) is 16.7. The van der Waals surface area contributed by atoms with Crippen LogP contribution in [0.2, 0.25) is 0 Å². The van der Waals surface area contributed by atoms with Crippen LogP contribution >= 0.6 is 23.6 Å².